The van der Waals surface area contributed by atoms with E-state index in [-0.39, 0.29) is 6.54 Å². The summed E-state index contributed by atoms with van der Waals surface area (Å²) in [4.78, 5) is 4.25. The summed E-state index contributed by atoms with van der Waals surface area (Å²) in [6.07, 6.45) is 3.37. The van der Waals surface area contributed by atoms with Crippen LogP contribution in [0.3, 0.4) is 0 Å². The SMILES string of the molecule is Cc1ccc(S(=O)(=O)NCCNc2ccc(Nc3ccncc3)nn2)c(C)c1. The number of aromatic nitrogens is 3. The number of pyridine rings is 1. The van der Waals surface area contributed by atoms with Gasteiger partial charge in [-0.05, 0) is 49.7 Å². The lowest BCUT2D eigenvalue weighted by Gasteiger charge is -2.11. The highest BCUT2D eigenvalue weighted by molar-refractivity contribution is 7.89. The maximum Gasteiger partial charge on any atom is 0.240 e. The average Bonchev–Trinajstić information content (AvgIpc) is 2.67. The van der Waals surface area contributed by atoms with Crippen molar-refractivity contribution in [2.24, 2.45) is 0 Å². The number of aryl methyl sites for hydroxylation is 2. The van der Waals surface area contributed by atoms with Gasteiger partial charge in [0.05, 0.1) is 4.90 Å². The molecular formula is C19H22N6O2S. The van der Waals surface area contributed by atoms with Gasteiger partial charge in [-0.3, -0.25) is 4.98 Å². The molecule has 0 unspecified atom stereocenters. The van der Waals surface area contributed by atoms with Gasteiger partial charge in [0, 0.05) is 31.2 Å². The molecule has 3 aromatic rings. The maximum absolute atomic E-state index is 12.4. The van der Waals surface area contributed by atoms with Crippen LogP contribution in [0.5, 0.6) is 0 Å². The largest absolute Gasteiger partial charge is 0.367 e. The molecule has 146 valence electrons. The third kappa shape index (κ3) is 5.24. The molecule has 3 N–H and O–H groups in total. The fourth-order valence-corrected chi connectivity index (χ4v) is 3.89. The topological polar surface area (TPSA) is 109 Å². The Bertz CT molecular complexity index is 1020. The molecule has 3 rings (SSSR count). The van der Waals surface area contributed by atoms with Crippen molar-refractivity contribution in [3.05, 3.63) is 66.0 Å². The second-order valence-electron chi connectivity index (χ2n) is 6.26. The highest BCUT2D eigenvalue weighted by atomic mass is 32.2. The average molecular weight is 398 g/mol. The van der Waals surface area contributed by atoms with Gasteiger partial charge in [-0.2, -0.15) is 0 Å². The number of hydrogen-bond donors (Lipinski definition) is 3. The highest BCUT2D eigenvalue weighted by Crippen LogP contribution is 2.16. The molecule has 9 heteroatoms. The van der Waals surface area contributed by atoms with Crippen LogP contribution in [0.25, 0.3) is 0 Å². The predicted octanol–water partition coefficient (Wildman–Crippen LogP) is 2.62. The normalized spacial score (nSPS) is 11.2. The molecule has 1 aromatic carbocycles. The molecule has 0 radical (unpaired) electrons. The Morgan fingerprint density at radius 1 is 0.893 bits per heavy atom. The number of nitrogens with zero attached hydrogens (tertiary/aromatic N) is 3. The van der Waals surface area contributed by atoms with Crippen molar-refractivity contribution in [3.63, 3.8) is 0 Å². The van der Waals surface area contributed by atoms with Crippen molar-refractivity contribution in [1.29, 1.82) is 0 Å². The Hall–Kier alpha value is -3.04. The molecular weight excluding hydrogens is 376 g/mol. The molecule has 2 aromatic heterocycles. The van der Waals surface area contributed by atoms with Gasteiger partial charge in [-0.1, -0.05) is 17.7 Å². The standard InChI is InChI=1S/C19H22N6O2S/c1-14-3-4-17(15(2)13-14)28(26,27)22-12-11-21-18-5-6-19(25-24-18)23-16-7-9-20-10-8-16/h3-10,13,22H,11-12H2,1-2H3,(H,21,24)(H,20,23,25). The van der Waals surface area contributed by atoms with Crippen molar-refractivity contribution in [3.8, 4) is 0 Å². The fraction of sp³-hybridized carbons (Fsp3) is 0.211. The molecule has 0 aliphatic carbocycles. The number of sulfonamides is 1. The number of nitrogens with one attached hydrogen (secondary N) is 3. The summed E-state index contributed by atoms with van der Waals surface area (Å²) in [6.45, 7) is 4.33. The summed E-state index contributed by atoms with van der Waals surface area (Å²) in [5, 5.41) is 14.3. The van der Waals surface area contributed by atoms with E-state index < -0.39 is 10.0 Å². The van der Waals surface area contributed by atoms with Crippen LogP contribution < -0.4 is 15.4 Å². The van der Waals surface area contributed by atoms with Gasteiger partial charge in [-0.25, -0.2) is 13.1 Å². The van der Waals surface area contributed by atoms with Crippen molar-refractivity contribution in [2.75, 3.05) is 23.7 Å². The number of anilines is 3. The molecule has 28 heavy (non-hydrogen) atoms. The Morgan fingerprint density at radius 2 is 1.61 bits per heavy atom. The lowest BCUT2D eigenvalue weighted by molar-refractivity contribution is 0.582. The van der Waals surface area contributed by atoms with Gasteiger partial charge in [0.2, 0.25) is 10.0 Å². The van der Waals surface area contributed by atoms with Crippen LogP contribution in [0, 0.1) is 13.8 Å². The first-order valence-corrected chi connectivity index (χ1v) is 10.2. The summed E-state index contributed by atoms with van der Waals surface area (Å²) in [5.41, 5.74) is 2.62. The lowest BCUT2D eigenvalue weighted by atomic mass is 10.2. The highest BCUT2D eigenvalue weighted by Gasteiger charge is 2.15. The van der Waals surface area contributed by atoms with E-state index in [1.807, 2.05) is 25.1 Å². The van der Waals surface area contributed by atoms with Crippen molar-refractivity contribution in [1.82, 2.24) is 19.9 Å². The zero-order valence-corrected chi connectivity index (χ0v) is 16.5. The zero-order valence-electron chi connectivity index (χ0n) is 15.7. The summed E-state index contributed by atoms with van der Waals surface area (Å²) in [5.74, 6) is 1.17. The van der Waals surface area contributed by atoms with Crippen LogP contribution >= 0.6 is 0 Å². The quantitative estimate of drug-likeness (QED) is 0.501. The molecule has 0 atom stereocenters. The lowest BCUT2D eigenvalue weighted by Crippen LogP contribution is -2.29. The number of benzene rings is 1. The molecule has 0 bridgehead atoms. The minimum absolute atomic E-state index is 0.231. The minimum atomic E-state index is -3.54. The summed E-state index contributed by atoms with van der Waals surface area (Å²) < 4.78 is 27.4. The van der Waals surface area contributed by atoms with Crippen molar-refractivity contribution < 1.29 is 8.42 Å². The number of hydrogen-bond acceptors (Lipinski definition) is 7. The van der Waals surface area contributed by atoms with E-state index in [0.717, 1.165) is 16.8 Å². The fourth-order valence-electron chi connectivity index (χ4n) is 2.63. The monoisotopic (exact) mass is 398 g/mol. The van der Waals surface area contributed by atoms with E-state index >= 15 is 0 Å². The summed E-state index contributed by atoms with van der Waals surface area (Å²) >= 11 is 0. The predicted molar refractivity (Wildman–Crippen MR) is 109 cm³/mol. The minimum Gasteiger partial charge on any atom is -0.367 e. The smallest absolute Gasteiger partial charge is 0.240 e. The van der Waals surface area contributed by atoms with Crippen LogP contribution in [-0.4, -0.2) is 36.7 Å². The number of rotatable bonds is 8. The molecule has 0 aliphatic rings. The van der Waals surface area contributed by atoms with E-state index in [1.165, 1.54) is 0 Å². The van der Waals surface area contributed by atoms with Gasteiger partial charge in [-0.15, -0.1) is 10.2 Å². The van der Waals surface area contributed by atoms with Crippen LogP contribution in [0.15, 0.2) is 59.8 Å². The van der Waals surface area contributed by atoms with Crippen molar-refractivity contribution in [2.45, 2.75) is 18.7 Å². The van der Waals surface area contributed by atoms with Crippen molar-refractivity contribution >= 4 is 27.3 Å². The molecule has 0 aliphatic heterocycles. The van der Waals surface area contributed by atoms with E-state index in [2.05, 4.69) is 30.5 Å². The molecule has 0 spiro atoms. The van der Waals surface area contributed by atoms with Crippen LogP contribution in [0.4, 0.5) is 17.3 Å². The third-order valence-electron chi connectivity index (χ3n) is 3.96. The first kappa shape index (κ1) is 19.7. The van der Waals surface area contributed by atoms with Crippen LogP contribution in [0.2, 0.25) is 0 Å². The summed E-state index contributed by atoms with van der Waals surface area (Å²) in [7, 11) is -3.54. The van der Waals surface area contributed by atoms with E-state index in [9.17, 15) is 8.42 Å². The van der Waals surface area contributed by atoms with Gasteiger partial charge in [0.25, 0.3) is 0 Å². The second kappa shape index (κ2) is 8.77. The maximum atomic E-state index is 12.4. The molecule has 8 nitrogen and oxygen atoms in total. The van der Waals surface area contributed by atoms with E-state index in [4.69, 9.17) is 0 Å². The van der Waals surface area contributed by atoms with Gasteiger partial charge < -0.3 is 10.6 Å². The zero-order chi connectivity index (χ0) is 20.0. The second-order valence-corrected chi connectivity index (χ2v) is 7.99. The summed E-state index contributed by atoms with van der Waals surface area (Å²) in [6, 6.07) is 12.5. The van der Waals surface area contributed by atoms with E-state index in [1.54, 1.807) is 43.6 Å². The first-order chi connectivity index (χ1) is 13.4. The third-order valence-corrected chi connectivity index (χ3v) is 5.58. The molecule has 0 saturated carbocycles. The molecule has 0 amide bonds. The van der Waals surface area contributed by atoms with Gasteiger partial charge >= 0.3 is 0 Å². The molecule has 0 saturated heterocycles. The van der Waals surface area contributed by atoms with Crippen LogP contribution in [-0.2, 0) is 10.0 Å². The van der Waals surface area contributed by atoms with Gasteiger partial charge in [0.1, 0.15) is 5.82 Å². The van der Waals surface area contributed by atoms with Crippen LogP contribution in [0.1, 0.15) is 11.1 Å². The molecule has 2 heterocycles. The van der Waals surface area contributed by atoms with Gasteiger partial charge in [0.15, 0.2) is 5.82 Å². The Morgan fingerprint density at radius 3 is 2.29 bits per heavy atom. The Balaban J connectivity index is 1.49. The van der Waals surface area contributed by atoms with E-state index in [0.29, 0.717) is 23.1 Å². The Kier molecular flexibility index (Phi) is 6.17. The Labute approximate surface area is 164 Å². The first-order valence-electron chi connectivity index (χ1n) is 8.76. The molecule has 0 fully saturated rings.